The minimum Gasteiger partial charge on any atom is -0.493 e. The van der Waals surface area contributed by atoms with Crippen molar-refractivity contribution in [3.05, 3.63) is 65.2 Å². The summed E-state index contributed by atoms with van der Waals surface area (Å²) < 4.78 is 11.5. The topological polar surface area (TPSA) is 84.9 Å². The molecule has 1 heterocycles. The third-order valence-corrected chi connectivity index (χ3v) is 6.36. The largest absolute Gasteiger partial charge is 0.493 e. The van der Waals surface area contributed by atoms with E-state index in [9.17, 15) is 9.59 Å². The fraction of sp³-hybridized carbons (Fsp3) is 0.440. The molecule has 0 aromatic heterocycles. The predicted octanol–water partition coefficient (Wildman–Crippen LogP) is 4.10. The number of aromatic carboxylic acids is 1. The number of benzene rings is 2. The zero-order chi connectivity index (χ0) is 21.8. The number of amides is 1. The Bertz CT molecular complexity index is 929. The van der Waals surface area contributed by atoms with Crippen molar-refractivity contribution < 1.29 is 24.2 Å². The number of nitrogens with one attached hydrogen (secondary N) is 1. The van der Waals surface area contributed by atoms with Crippen molar-refractivity contribution >= 4 is 11.9 Å². The molecule has 2 N–H and O–H groups in total. The first-order chi connectivity index (χ1) is 15.0. The number of ether oxygens (including phenoxy) is 2. The van der Waals surface area contributed by atoms with Gasteiger partial charge in [0, 0.05) is 13.2 Å². The maximum atomic E-state index is 13.6. The fourth-order valence-corrected chi connectivity index (χ4v) is 4.08. The molecule has 31 heavy (non-hydrogen) atoms. The van der Waals surface area contributed by atoms with E-state index < -0.39 is 11.4 Å². The number of hydrogen-bond donors (Lipinski definition) is 2. The molecule has 2 fully saturated rings. The molecule has 2 aromatic rings. The number of carboxylic acids is 1. The van der Waals surface area contributed by atoms with Crippen molar-refractivity contribution in [2.24, 2.45) is 5.92 Å². The maximum Gasteiger partial charge on any atom is 0.335 e. The van der Waals surface area contributed by atoms with Gasteiger partial charge in [0.2, 0.25) is 5.91 Å². The van der Waals surface area contributed by atoms with E-state index in [4.69, 9.17) is 14.6 Å². The van der Waals surface area contributed by atoms with E-state index in [2.05, 4.69) is 5.32 Å². The number of rotatable bonds is 8. The summed E-state index contributed by atoms with van der Waals surface area (Å²) in [7, 11) is 0. The monoisotopic (exact) mass is 423 g/mol. The fourth-order valence-electron chi connectivity index (χ4n) is 4.08. The lowest BCUT2D eigenvalue weighted by atomic mass is 9.73. The van der Waals surface area contributed by atoms with E-state index in [0.29, 0.717) is 32.0 Å². The first-order valence-corrected chi connectivity index (χ1v) is 10.9. The van der Waals surface area contributed by atoms with Crippen LogP contribution in [0.1, 0.15) is 60.1 Å². The Hall–Kier alpha value is -2.86. The van der Waals surface area contributed by atoms with Crippen LogP contribution in [0.3, 0.4) is 0 Å². The smallest absolute Gasteiger partial charge is 0.335 e. The van der Waals surface area contributed by atoms with Crippen LogP contribution in [-0.4, -0.2) is 36.8 Å². The van der Waals surface area contributed by atoms with Gasteiger partial charge in [0.05, 0.1) is 23.6 Å². The van der Waals surface area contributed by atoms with Gasteiger partial charge in [-0.25, -0.2) is 4.79 Å². The van der Waals surface area contributed by atoms with Gasteiger partial charge in [-0.2, -0.15) is 0 Å². The molecule has 1 saturated carbocycles. The molecule has 1 saturated heterocycles. The minimum atomic E-state index is -0.965. The van der Waals surface area contributed by atoms with Gasteiger partial charge in [-0.1, -0.05) is 24.3 Å². The van der Waals surface area contributed by atoms with E-state index in [1.165, 1.54) is 12.8 Å². The summed E-state index contributed by atoms with van der Waals surface area (Å²) in [6.45, 7) is 3.70. The average molecular weight is 424 g/mol. The average Bonchev–Trinajstić information content (AvgIpc) is 3.63. The molecule has 164 valence electrons. The van der Waals surface area contributed by atoms with Crippen LogP contribution in [0.25, 0.3) is 0 Å². The van der Waals surface area contributed by atoms with E-state index in [0.717, 1.165) is 23.5 Å². The molecule has 1 atom stereocenters. The van der Waals surface area contributed by atoms with Crippen molar-refractivity contribution in [1.29, 1.82) is 0 Å². The third-order valence-electron chi connectivity index (χ3n) is 6.36. The van der Waals surface area contributed by atoms with Gasteiger partial charge in [0.1, 0.15) is 5.75 Å². The van der Waals surface area contributed by atoms with Crippen molar-refractivity contribution in [2.75, 3.05) is 19.8 Å². The Morgan fingerprint density at radius 3 is 2.52 bits per heavy atom. The zero-order valence-electron chi connectivity index (χ0n) is 17.8. The van der Waals surface area contributed by atoms with Gasteiger partial charge >= 0.3 is 5.97 Å². The van der Waals surface area contributed by atoms with Gasteiger partial charge in [-0.05, 0) is 73.9 Å². The van der Waals surface area contributed by atoms with Crippen LogP contribution in [0.2, 0.25) is 0 Å². The highest BCUT2D eigenvalue weighted by molar-refractivity contribution is 5.89. The Balaban J connectivity index is 1.53. The Morgan fingerprint density at radius 2 is 1.87 bits per heavy atom. The predicted molar refractivity (Wildman–Crippen MR) is 116 cm³/mol. The van der Waals surface area contributed by atoms with Crippen LogP contribution < -0.4 is 10.1 Å². The number of carbonyl (C=O) groups is 2. The highest BCUT2D eigenvalue weighted by Crippen LogP contribution is 2.38. The lowest BCUT2D eigenvalue weighted by molar-refractivity contribution is -0.131. The van der Waals surface area contributed by atoms with Gasteiger partial charge in [0.25, 0.3) is 0 Å². The second-order valence-corrected chi connectivity index (χ2v) is 8.60. The van der Waals surface area contributed by atoms with E-state index in [1.54, 1.807) is 24.3 Å². The third kappa shape index (κ3) is 4.90. The number of carboxylic acid groups (broad SMARTS) is 1. The molecular weight excluding hydrogens is 394 g/mol. The Kier molecular flexibility index (Phi) is 6.28. The second-order valence-electron chi connectivity index (χ2n) is 8.60. The highest BCUT2D eigenvalue weighted by atomic mass is 16.5. The molecule has 0 bridgehead atoms. The van der Waals surface area contributed by atoms with E-state index in [1.807, 2.05) is 31.2 Å². The van der Waals surface area contributed by atoms with Crippen LogP contribution in [0.5, 0.6) is 5.75 Å². The number of carbonyl (C=O) groups excluding carboxylic acids is 1. The van der Waals surface area contributed by atoms with Gasteiger partial charge < -0.3 is 19.9 Å². The highest BCUT2D eigenvalue weighted by Gasteiger charge is 2.42. The van der Waals surface area contributed by atoms with E-state index in [-0.39, 0.29) is 17.5 Å². The molecule has 2 aromatic carbocycles. The maximum absolute atomic E-state index is 13.6. The molecule has 6 heteroatoms. The lowest BCUT2D eigenvalue weighted by Gasteiger charge is -2.37. The number of hydrogen-bond acceptors (Lipinski definition) is 4. The lowest BCUT2D eigenvalue weighted by Crippen LogP contribution is -2.48. The van der Waals surface area contributed by atoms with Gasteiger partial charge in [0.15, 0.2) is 0 Å². The molecule has 2 aliphatic rings. The Labute approximate surface area is 182 Å². The Morgan fingerprint density at radius 1 is 1.16 bits per heavy atom. The SMILES string of the molecule is CC(NC(=O)C1(c2cccc(OCC3CC3)c2)CCOCC1)c1ccc(C(=O)O)cc1. The summed E-state index contributed by atoms with van der Waals surface area (Å²) in [6.07, 6.45) is 3.68. The van der Waals surface area contributed by atoms with Crippen molar-refractivity contribution in [2.45, 2.75) is 44.1 Å². The van der Waals surface area contributed by atoms with E-state index >= 15 is 0 Å². The summed E-state index contributed by atoms with van der Waals surface area (Å²) in [5.74, 6) is 0.468. The van der Waals surface area contributed by atoms with Gasteiger partial charge in [-0.3, -0.25) is 4.79 Å². The molecule has 1 aliphatic heterocycles. The van der Waals surface area contributed by atoms with Crippen LogP contribution >= 0.6 is 0 Å². The molecule has 0 spiro atoms. The summed E-state index contributed by atoms with van der Waals surface area (Å²) in [4.78, 5) is 24.7. The van der Waals surface area contributed by atoms with Crippen LogP contribution in [0.4, 0.5) is 0 Å². The normalized spacial score (nSPS) is 18.7. The first kappa shape index (κ1) is 21.4. The van der Waals surface area contributed by atoms with Crippen molar-refractivity contribution in [3.8, 4) is 5.75 Å². The van der Waals surface area contributed by atoms with Crippen LogP contribution in [-0.2, 0) is 14.9 Å². The summed E-state index contributed by atoms with van der Waals surface area (Å²) >= 11 is 0. The molecule has 1 aliphatic carbocycles. The first-order valence-electron chi connectivity index (χ1n) is 10.9. The van der Waals surface area contributed by atoms with Crippen LogP contribution in [0.15, 0.2) is 48.5 Å². The molecule has 1 amide bonds. The van der Waals surface area contributed by atoms with Crippen molar-refractivity contribution in [3.63, 3.8) is 0 Å². The molecular formula is C25H29NO5. The standard InChI is InChI=1S/C25H29NO5/c1-17(19-7-9-20(10-8-19)23(27)28)26-24(29)25(11-13-30-14-12-25)21-3-2-4-22(15-21)31-16-18-5-6-18/h2-4,7-10,15,17-18H,5-6,11-14,16H2,1H3,(H,26,29)(H,27,28). The van der Waals surface area contributed by atoms with Gasteiger partial charge in [-0.15, -0.1) is 0 Å². The molecule has 0 radical (unpaired) electrons. The quantitative estimate of drug-likeness (QED) is 0.668. The minimum absolute atomic E-state index is 0.0371. The summed E-state index contributed by atoms with van der Waals surface area (Å²) in [5, 5.41) is 12.2. The molecule has 1 unspecified atom stereocenters. The summed E-state index contributed by atoms with van der Waals surface area (Å²) in [6, 6.07) is 14.3. The zero-order valence-corrected chi connectivity index (χ0v) is 17.8. The molecule has 4 rings (SSSR count). The van der Waals surface area contributed by atoms with Crippen LogP contribution in [0, 0.1) is 5.92 Å². The summed E-state index contributed by atoms with van der Waals surface area (Å²) in [5.41, 5.74) is 1.37. The van der Waals surface area contributed by atoms with Crippen molar-refractivity contribution in [1.82, 2.24) is 5.32 Å². The molecule has 6 nitrogen and oxygen atoms in total. The second kappa shape index (κ2) is 9.10.